The van der Waals surface area contributed by atoms with Crippen molar-refractivity contribution < 1.29 is 8.82 Å². The van der Waals surface area contributed by atoms with Crippen LogP contribution in [0.3, 0.4) is 0 Å². The van der Waals surface area contributed by atoms with Crippen molar-refractivity contribution in [1.29, 1.82) is 0 Å². The molecule has 0 aliphatic heterocycles. The molecule has 0 saturated carbocycles. The second-order valence-corrected chi connectivity index (χ2v) is 8.10. The van der Waals surface area contributed by atoms with E-state index in [1.807, 2.05) is 0 Å². The van der Waals surface area contributed by atoms with E-state index in [-0.39, 0.29) is 5.82 Å². The maximum Gasteiger partial charge on any atom is 0.242 e. The fourth-order valence-corrected chi connectivity index (χ4v) is 1.72. The van der Waals surface area contributed by atoms with Crippen molar-refractivity contribution in [2.45, 2.75) is 19.6 Å². The van der Waals surface area contributed by atoms with Crippen molar-refractivity contribution in [3.05, 3.63) is 30.1 Å². The predicted octanol–water partition coefficient (Wildman–Crippen LogP) is 3.04. The normalized spacial score (nSPS) is 11.3. The summed E-state index contributed by atoms with van der Waals surface area (Å²) in [5.41, 5.74) is 0. The third-order valence-electron chi connectivity index (χ3n) is 1.22. The highest BCUT2D eigenvalue weighted by Gasteiger charge is 2.15. The first-order chi connectivity index (χ1) is 5.47. The Bertz CT molecular complexity index is 267. The van der Waals surface area contributed by atoms with Gasteiger partial charge in [0.05, 0.1) is 0 Å². The van der Waals surface area contributed by atoms with E-state index in [1.165, 1.54) is 12.1 Å². The zero-order chi connectivity index (χ0) is 9.19. The first-order valence-corrected chi connectivity index (χ1v) is 7.33. The molecule has 0 fully saturated rings. The Labute approximate surface area is 73.3 Å². The summed E-state index contributed by atoms with van der Waals surface area (Å²) in [6.45, 7) is 6.20. The smallest absolute Gasteiger partial charge is 0.242 e. The van der Waals surface area contributed by atoms with Crippen LogP contribution in [0.2, 0.25) is 19.6 Å². The Morgan fingerprint density at radius 2 is 1.92 bits per heavy atom. The van der Waals surface area contributed by atoms with Gasteiger partial charge >= 0.3 is 0 Å². The highest BCUT2D eigenvalue weighted by molar-refractivity contribution is 6.70. The summed E-state index contributed by atoms with van der Waals surface area (Å²) >= 11 is 0. The van der Waals surface area contributed by atoms with Crippen LogP contribution in [0.5, 0.6) is 5.75 Å². The topological polar surface area (TPSA) is 9.23 Å². The molecule has 0 saturated heterocycles. The van der Waals surface area contributed by atoms with Crippen LogP contribution in [-0.2, 0) is 0 Å². The van der Waals surface area contributed by atoms with Gasteiger partial charge in [0.25, 0.3) is 0 Å². The van der Waals surface area contributed by atoms with Gasteiger partial charge in [-0.2, -0.15) is 0 Å². The van der Waals surface area contributed by atoms with Crippen molar-refractivity contribution in [2.24, 2.45) is 0 Å². The van der Waals surface area contributed by atoms with Crippen molar-refractivity contribution >= 4 is 8.32 Å². The first-order valence-electron chi connectivity index (χ1n) is 3.92. The molecule has 0 aliphatic carbocycles. The van der Waals surface area contributed by atoms with Crippen molar-refractivity contribution in [2.75, 3.05) is 0 Å². The van der Waals surface area contributed by atoms with Gasteiger partial charge in [0.2, 0.25) is 8.32 Å². The van der Waals surface area contributed by atoms with Crippen molar-refractivity contribution in [3.8, 4) is 5.75 Å². The predicted molar refractivity (Wildman–Crippen MR) is 50.4 cm³/mol. The zero-order valence-electron chi connectivity index (χ0n) is 7.60. The maximum atomic E-state index is 12.7. The van der Waals surface area contributed by atoms with Gasteiger partial charge in [0.15, 0.2) is 0 Å². The molecule has 0 bridgehead atoms. The molecule has 3 heteroatoms. The molecule has 66 valence electrons. The lowest BCUT2D eigenvalue weighted by Gasteiger charge is -2.18. The molecule has 1 aromatic rings. The standard InChI is InChI=1S/C9H13FOSi/c1-12(2,3)11-9-6-4-5-8(10)7-9/h4-7H,1-3H3. The average Bonchev–Trinajstić information content (AvgIpc) is 1.82. The molecule has 0 aromatic heterocycles. The Morgan fingerprint density at radius 3 is 2.42 bits per heavy atom. The molecule has 0 unspecified atom stereocenters. The molecule has 0 spiro atoms. The molecule has 1 nitrogen and oxygen atoms in total. The minimum Gasteiger partial charge on any atom is -0.544 e. The number of rotatable bonds is 2. The van der Waals surface area contributed by atoms with Gasteiger partial charge in [-0.15, -0.1) is 0 Å². The summed E-state index contributed by atoms with van der Waals surface area (Å²) in [5.74, 6) is 0.389. The second-order valence-electron chi connectivity index (χ2n) is 3.67. The van der Waals surface area contributed by atoms with Gasteiger partial charge in [-0.3, -0.25) is 0 Å². The minimum atomic E-state index is -1.59. The van der Waals surface area contributed by atoms with E-state index in [0.29, 0.717) is 5.75 Å². The van der Waals surface area contributed by atoms with Gasteiger partial charge in [-0.25, -0.2) is 4.39 Å². The van der Waals surface area contributed by atoms with Crippen LogP contribution in [0.15, 0.2) is 24.3 Å². The summed E-state index contributed by atoms with van der Waals surface area (Å²) in [5, 5.41) is 0. The molecule has 0 aliphatic rings. The van der Waals surface area contributed by atoms with Crippen LogP contribution < -0.4 is 4.43 Å². The third kappa shape index (κ3) is 3.05. The van der Waals surface area contributed by atoms with Crippen LogP contribution in [0, 0.1) is 5.82 Å². The fourth-order valence-electron chi connectivity index (χ4n) is 0.884. The third-order valence-corrected chi connectivity index (χ3v) is 2.07. The Hall–Kier alpha value is -0.833. The quantitative estimate of drug-likeness (QED) is 0.642. The van der Waals surface area contributed by atoms with Crippen LogP contribution >= 0.6 is 0 Å². The molecule has 12 heavy (non-hydrogen) atoms. The molecular formula is C9H13FOSi. The number of hydrogen-bond acceptors (Lipinski definition) is 1. The molecule has 1 aromatic carbocycles. The monoisotopic (exact) mass is 184 g/mol. The van der Waals surface area contributed by atoms with E-state index in [1.54, 1.807) is 12.1 Å². The van der Waals surface area contributed by atoms with Crippen LogP contribution in [0.1, 0.15) is 0 Å². The van der Waals surface area contributed by atoms with E-state index in [0.717, 1.165) is 0 Å². The lowest BCUT2D eigenvalue weighted by Crippen LogP contribution is -2.29. The van der Waals surface area contributed by atoms with Gasteiger partial charge in [-0.1, -0.05) is 6.07 Å². The van der Waals surface area contributed by atoms with E-state index in [2.05, 4.69) is 19.6 Å². The van der Waals surface area contributed by atoms with Crippen molar-refractivity contribution in [1.82, 2.24) is 0 Å². The molecule has 0 heterocycles. The highest BCUT2D eigenvalue weighted by atomic mass is 28.4. The molecule has 0 atom stereocenters. The lowest BCUT2D eigenvalue weighted by molar-refractivity contribution is 0.545. The van der Waals surface area contributed by atoms with Gasteiger partial charge in [-0.05, 0) is 31.8 Å². The maximum absolute atomic E-state index is 12.7. The van der Waals surface area contributed by atoms with Crippen molar-refractivity contribution in [3.63, 3.8) is 0 Å². The summed E-state index contributed by atoms with van der Waals surface area (Å²) in [7, 11) is -1.59. The average molecular weight is 184 g/mol. The second kappa shape index (κ2) is 3.27. The number of hydrogen-bond donors (Lipinski definition) is 0. The van der Waals surface area contributed by atoms with E-state index in [9.17, 15) is 4.39 Å². The van der Waals surface area contributed by atoms with Gasteiger partial charge < -0.3 is 4.43 Å². The minimum absolute atomic E-state index is 0.245. The molecule has 0 N–H and O–H groups in total. The Balaban J connectivity index is 2.77. The van der Waals surface area contributed by atoms with E-state index in [4.69, 9.17) is 4.43 Å². The van der Waals surface area contributed by atoms with E-state index >= 15 is 0 Å². The number of benzene rings is 1. The first kappa shape index (κ1) is 9.26. The molecule has 1 rings (SSSR count). The molecule has 0 radical (unpaired) electrons. The summed E-state index contributed by atoms with van der Waals surface area (Å²) in [4.78, 5) is 0. The lowest BCUT2D eigenvalue weighted by atomic mass is 10.3. The Morgan fingerprint density at radius 1 is 1.25 bits per heavy atom. The summed E-state index contributed by atoms with van der Waals surface area (Å²) in [6.07, 6.45) is 0. The van der Waals surface area contributed by atoms with Crippen LogP contribution in [0.25, 0.3) is 0 Å². The largest absolute Gasteiger partial charge is 0.544 e. The number of halogens is 1. The van der Waals surface area contributed by atoms with Gasteiger partial charge in [0.1, 0.15) is 11.6 Å². The van der Waals surface area contributed by atoms with Gasteiger partial charge in [0, 0.05) is 6.07 Å². The van der Waals surface area contributed by atoms with Crippen LogP contribution in [0.4, 0.5) is 4.39 Å². The van der Waals surface area contributed by atoms with E-state index < -0.39 is 8.32 Å². The summed E-state index contributed by atoms with van der Waals surface area (Å²) in [6, 6.07) is 6.27. The molecule has 0 amide bonds. The SMILES string of the molecule is C[Si](C)(C)Oc1cccc(F)c1. The Kier molecular flexibility index (Phi) is 2.52. The fraction of sp³-hybridized carbons (Fsp3) is 0.333. The summed E-state index contributed by atoms with van der Waals surface area (Å²) < 4.78 is 18.3. The van der Waals surface area contributed by atoms with Crippen LogP contribution in [-0.4, -0.2) is 8.32 Å². The molecular weight excluding hydrogens is 171 g/mol. The highest BCUT2D eigenvalue weighted by Crippen LogP contribution is 2.16. The zero-order valence-corrected chi connectivity index (χ0v) is 8.60.